The summed E-state index contributed by atoms with van der Waals surface area (Å²) < 4.78 is 27.4. The zero-order chi connectivity index (χ0) is 18.3. The van der Waals surface area contributed by atoms with Gasteiger partial charge in [0.2, 0.25) is 10.0 Å². The van der Waals surface area contributed by atoms with Gasteiger partial charge in [0, 0.05) is 34.6 Å². The summed E-state index contributed by atoms with van der Waals surface area (Å²) in [6.45, 7) is 8.17. The molecule has 1 aliphatic heterocycles. The molecule has 0 bridgehead atoms. The lowest BCUT2D eigenvalue weighted by Gasteiger charge is -2.13. The van der Waals surface area contributed by atoms with Gasteiger partial charge in [-0.2, -0.15) is 11.8 Å². The molecule has 1 saturated heterocycles. The molecule has 9 heteroatoms. The van der Waals surface area contributed by atoms with Crippen LogP contribution in [-0.4, -0.2) is 51.6 Å². The van der Waals surface area contributed by atoms with Crippen LogP contribution in [0, 0.1) is 13.8 Å². The zero-order valence-corrected chi connectivity index (χ0v) is 17.5. The molecule has 6 nitrogen and oxygen atoms in total. The molecule has 2 rings (SSSR count). The number of aliphatic imine (C=N–C) groups is 1. The molecular formula is C16H28N4O2S3. The van der Waals surface area contributed by atoms with Gasteiger partial charge >= 0.3 is 0 Å². The highest BCUT2D eigenvalue weighted by Crippen LogP contribution is 2.26. The highest BCUT2D eigenvalue weighted by Gasteiger charge is 2.18. The van der Waals surface area contributed by atoms with E-state index in [0.29, 0.717) is 23.2 Å². The first-order chi connectivity index (χ1) is 11.9. The van der Waals surface area contributed by atoms with E-state index < -0.39 is 10.0 Å². The number of hydrogen-bond acceptors (Lipinski definition) is 5. The summed E-state index contributed by atoms with van der Waals surface area (Å²) in [4.78, 5) is 6.81. The number of hydrogen-bond donors (Lipinski definition) is 3. The van der Waals surface area contributed by atoms with Crippen molar-refractivity contribution in [2.45, 2.75) is 43.8 Å². The minimum Gasteiger partial charge on any atom is -0.357 e. The van der Waals surface area contributed by atoms with Gasteiger partial charge in [0.1, 0.15) is 0 Å². The summed E-state index contributed by atoms with van der Waals surface area (Å²) in [6, 6.07) is 1.72. The van der Waals surface area contributed by atoms with Crippen LogP contribution in [0.2, 0.25) is 0 Å². The molecule has 0 spiro atoms. The fourth-order valence-corrected chi connectivity index (χ4v) is 6.41. The second-order valence-corrected chi connectivity index (χ2v) is 10.6. The molecular weight excluding hydrogens is 376 g/mol. The molecule has 0 saturated carbocycles. The predicted molar refractivity (Wildman–Crippen MR) is 108 cm³/mol. The summed E-state index contributed by atoms with van der Waals surface area (Å²) in [6.07, 6.45) is 2.50. The van der Waals surface area contributed by atoms with Gasteiger partial charge in [-0.15, -0.1) is 11.3 Å². The Bertz CT molecular complexity index is 680. The third-order valence-corrected chi connectivity index (χ3v) is 7.88. The number of guanidine groups is 1. The van der Waals surface area contributed by atoms with Gasteiger partial charge in [0.15, 0.2) is 5.96 Å². The van der Waals surface area contributed by atoms with Crippen LogP contribution in [0.5, 0.6) is 0 Å². The predicted octanol–water partition coefficient (Wildman–Crippen LogP) is 2.09. The van der Waals surface area contributed by atoms with Crippen molar-refractivity contribution in [1.82, 2.24) is 15.4 Å². The topological polar surface area (TPSA) is 82.6 Å². The summed E-state index contributed by atoms with van der Waals surface area (Å²) in [5, 5.41) is 7.01. The molecule has 2 heterocycles. The molecule has 1 atom stereocenters. The maximum absolute atomic E-state index is 12.4. The first-order valence-corrected chi connectivity index (χ1v) is 12.0. The van der Waals surface area contributed by atoms with Crippen LogP contribution in [0.25, 0.3) is 0 Å². The van der Waals surface area contributed by atoms with Crippen molar-refractivity contribution in [2.75, 3.05) is 31.9 Å². The number of nitrogens with one attached hydrogen (secondary N) is 3. The van der Waals surface area contributed by atoms with E-state index >= 15 is 0 Å². The Morgan fingerprint density at radius 3 is 2.72 bits per heavy atom. The maximum atomic E-state index is 12.4. The van der Waals surface area contributed by atoms with Crippen LogP contribution in [0.1, 0.15) is 29.5 Å². The lowest BCUT2D eigenvalue weighted by atomic mass is 10.2. The third-order valence-electron chi connectivity index (χ3n) is 3.82. The minimum absolute atomic E-state index is 0.319. The molecule has 1 unspecified atom stereocenters. The van der Waals surface area contributed by atoms with Gasteiger partial charge in [-0.25, -0.2) is 13.1 Å². The van der Waals surface area contributed by atoms with E-state index in [-0.39, 0.29) is 0 Å². The van der Waals surface area contributed by atoms with Crippen molar-refractivity contribution in [3.8, 4) is 0 Å². The van der Waals surface area contributed by atoms with Crippen molar-refractivity contribution < 1.29 is 8.42 Å². The fraction of sp³-hybridized carbons (Fsp3) is 0.688. The summed E-state index contributed by atoms with van der Waals surface area (Å²) in [5.41, 5.74) is 0. The van der Waals surface area contributed by atoms with Crippen molar-refractivity contribution in [1.29, 1.82) is 0 Å². The first kappa shape index (κ1) is 20.5. The number of sulfonamides is 1. The van der Waals surface area contributed by atoms with E-state index in [4.69, 9.17) is 0 Å². The van der Waals surface area contributed by atoms with Crippen LogP contribution in [0.4, 0.5) is 0 Å². The van der Waals surface area contributed by atoms with Crippen LogP contribution in [0.15, 0.2) is 16.0 Å². The van der Waals surface area contributed by atoms with Gasteiger partial charge < -0.3 is 10.6 Å². The molecule has 1 aromatic heterocycles. The Balaban J connectivity index is 1.80. The molecule has 0 amide bonds. The monoisotopic (exact) mass is 404 g/mol. The lowest BCUT2D eigenvalue weighted by molar-refractivity contribution is 0.580. The number of rotatable bonds is 8. The quantitative estimate of drug-likeness (QED) is 0.351. The Labute approximate surface area is 159 Å². The van der Waals surface area contributed by atoms with E-state index in [1.165, 1.54) is 29.9 Å². The van der Waals surface area contributed by atoms with Gasteiger partial charge in [-0.1, -0.05) is 0 Å². The maximum Gasteiger partial charge on any atom is 0.241 e. The molecule has 1 fully saturated rings. The average molecular weight is 405 g/mol. The first-order valence-electron chi connectivity index (χ1n) is 8.63. The van der Waals surface area contributed by atoms with Crippen molar-refractivity contribution in [3.05, 3.63) is 15.8 Å². The zero-order valence-electron chi connectivity index (χ0n) is 15.1. The van der Waals surface area contributed by atoms with Crippen LogP contribution >= 0.6 is 23.1 Å². The van der Waals surface area contributed by atoms with Gasteiger partial charge in [-0.05, 0) is 45.4 Å². The van der Waals surface area contributed by atoms with Crippen LogP contribution in [-0.2, 0) is 10.0 Å². The third kappa shape index (κ3) is 6.47. The van der Waals surface area contributed by atoms with Gasteiger partial charge in [0.25, 0.3) is 0 Å². The molecule has 1 aromatic rings. The number of aryl methyl sites for hydroxylation is 2. The van der Waals surface area contributed by atoms with Crippen molar-refractivity contribution in [3.63, 3.8) is 0 Å². The molecule has 0 aliphatic carbocycles. The second kappa shape index (κ2) is 9.80. The van der Waals surface area contributed by atoms with Crippen molar-refractivity contribution in [2.24, 2.45) is 4.99 Å². The molecule has 0 aromatic carbocycles. The lowest BCUT2D eigenvalue weighted by Crippen LogP contribution is -2.41. The van der Waals surface area contributed by atoms with E-state index in [2.05, 4.69) is 20.3 Å². The van der Waals surface area contributed by atoms with Crippen molar-refractivity contribution >= 4 is 39.1 Å². The largest absolute Gasteiger partial charge is 0.357 e. The SMILES string of the molecule is CCNC(=NCC1CCCS1)NCCNS(=O)(=O)c1cc(C)sc1C. The Kier molecular flexibility index (Phi) is 8.05. The van der Waals surface area contributed by atoms with E-state index in [1.54, 1.807) is 6.07 Å². The second-order valence-electron chi connectivity index (χ2n) is 5.96. The Morgan fingerprint density at radius 1 is 1.32 bits per heavy atom. The van der Waals surface area contributed by atoms with Crippen LogP contribution in [0.3, 0.4) is 0 Å². The molecule has 3 N–H and O–H groups in total. The smallest absolute Gasteiger partial charge is 0.241 e. The average Bonchev–Trinajstić information content (AvgIpc) is 3.18. The van der Waals surface area contributed by atoms with Gasteiger partial charge in [0.05, 0.1) is 11.4 Å². The highest BCUT2D eigenvalue weighted by atomic mass is 32.2. The Hall–Kier alpha value is -0.770. The van der Waals surface area contributed by atoms with E-state index in [0.717, 1.165) is 28.8 Å². The number of nitrogens with zero attached hydrogens (tertiary/aromatic N) is 1. The van der Waals surface area contributed by atoms with E-state index in [9.17, 15) is 8.42 Å². The molecule has 25 heavy (non-hydrogen) atoms. The standard InChI is InChI=1S/C16H28N4O2S3/c1-4-17-16(19-11-14-6-5-9-23-14)18-7-8-20-25(21,22)15-10-12(2)24-13(15)3/h10,14,20H,4-9,11H2,1-3H3,(H2,17,18,19). The number of thiophene rings is 1. The number of thioether (sulfide) groups is 1. The minimum atomic E-state index is -3.45. The molecule has 0 radical (unpaired) electrons. The Morgan fingerprint density at radius 2 is 2.12 bits per heavy atom. The summed E-state index contributed by atoms with van der Waals surface area (Å²) in [7, 11) is -3.45. The van der Waals surface area contributed by atoms with Gasteiger partial charge in [-0.3, -0.25) is 4.99 Å². The van der Waals surface area contributed by atoms with E-state index in [1.807, 2.05) is 32.5 Å². The fourth-order valence-electron chi connectivity index (χ4n) is 2.64. The summed E-state index contributed by atoms with van der Waals surface area (Å²) >= 11 is 3.48. The normalized spacial score (nSPS) is 18.5. The summed E-state index contributed by atoms with van der Waals surface area (Å²) in [5.74, 6) is 1.98. The highest BCUT2D eigenvalue weighted by molar-refractivity contribution is 8.00. The molecule has 1 aliphatic rings. The molecule has 142 valence electrons. The van der Waals surface area contributed by atoms with Crippen LogP contribution < -0.4 is 15.4 Å².